The third-order valence-electron chi connectivity index (χ3n) is 7.96. The lowest BCUT2D eigenvalue weighted by Crippen LogP contribution is -2.52. The zero-order valence-electron chi connectivity index (χ0n) is 22.9. The topological polar surface area (TPSA) is 121 Å². The molecule has 2 aromatic carbocycles. The number of aliphatic hydroxyl groups excluding tert-OH is 6. The van der Waals surface area contributed by atoms with Crippen LogP contribution in [0.3, 0.4) is 0 Å². The van der Waals surface area contributed by atoms with Crippen molar-refractivity contribution in [3.63, 3.8) is 0 Å². The van der Waals surface area contributed by atoms with Crippen molar-refractivity contribution in [2.24, 2.45) is 11.8 Å². The Hall–Kier alpha value is -1.80. The molecule has 0 aromatic heterocycles. The molecule has 0 saturated heterocycles. The Morgan fingerprint density at radius 3 is 1.64 bits per heavy atom. The summed E-state index contributed by atoms with van der Waals surface area (Å²) in [7, 11) is 0. The van der Waals surface area contributed by atoms with Gasteiger partial charge in [0.1, 0.15) is 24.4 Å². The predicted molar refractivity (Wildman–Crippen MR) is 143 cm³/mol. The lowest BCUT2D eigenvalue weighted by molar-refractivity contribution is -0.152. The van der Waals surface area contributed by atoms with Crippen LogP contribution >= 0.6 is 0 Å². The molecule has 7 atom stereocenters. The van der Waals surface area contributed by atoms with Crippen molar-refractivity contribution in [1.29, 1.82) is 0 Å². The number of hydrogen-bond acceptors (Lipinski definition) is 6. The zero-order chi connectivity index (χ0) is 27.3. The summed E-state index contributed by atoms with van der Waals surface area (Å²) >= 11 is 0. The molecule has 3 unspecified atom stereocenters. The van der Waals surface area contributed by atoms with Gasteiger partial charge in [-0.25, -0.2) is 0 Å². The summed E-state index contributed by atoms with van der Waals surface area (Å²) in [5.74, 6) is -0.443. The fourth-order valence-electron chi connectivity index (χ4n) is 5.23. The van der Waals surface area contributed by atoms with E-state index >= 15 is 0 Å². The fraction of sp³-hybridized carbons (Fsp3) is 0.600. The van der Waals surface area contributed by atoms with Crippen molar-refractivity contribution in [3.8, 4) is 0 Å². The van der Waals surface area contributed by atoms with Gasteiger partial charge in [-0.1, -0.05) is 42.3 Å². The van der Waals surface area contributed by atoms with E-state index in [1.807, 2.05) is 20.8 Å². The van der Waals surface area contributed by atoms with Crippen molar-refractivity contribution < 1.29 is 30.6 Å². The first-order valence-corrected chi connectivity index (χ1v) is 12.9. The smallest absolute Gasteiger partial charge is 0.111 e. The van der Waals surface area contributed by atoms with Gasteiger partial charge in [0.05, 0.1) is 12.7 Å². The molecule has 2 aromatic rings. The van der Waals surface area contributed by atoms with Gasteiger partial charge in [0.15, 0.2) is 0 Å². The number of hydrogen-bond donors (Lipinski definition) is 6. The summed E-state index contributed by atoms with van der Waals surface area (Å²) in [6.45, 7) is 13.7. The van der Waals surface area contributed by atoms with Crippen molar-refractivity contribution >= 4 is 0 Å². The van der Waals surface area contributed by atoms with Crippen LogP contribution in [0, 0.1) is 53.4 Å². The van der Waals surface area contributed by atoms with Gasteiger partial charge in [-0.05, 0) is 106 Å². The highest BCUT2D eigenvalue weighted by Crippen LogP contribution is 2.31. The molecule has 6 heteroatoms. The van der Waals surface area contributed by atoms with Gasteiger partial charge >= 0.3 is 0 Å². The third-order valence-corrected chi connectivity index (χ3v) is 7.96. The van der Waals surface area contributed by atoms with Crippen LogP contribution in [0.15, 0.2) is 24.3 Å². The molecule has 0 spiro atoms. The Labute approximate surface area is 216 Å². The molecule has 6 nitrogen and oxygen atoms in total. The molecule has 0 heterocycles. The molecular formula is C30H46O6. The number of aryl methyl sites for hydroxylation is 5. The third kappa shape index (κ3) is 7.37. The normalized spacial score (nSPS) is 17.8. The SMILES string of the molecule is Cc1cc(C)c(C)c(CCC(C)C(Cc2cc(C)cc(C)c2C)C(O)[C@@H](O)[C@@H](O)[C@H](O)[C@@H](O)CO)c1. The minimum Gasteiger partial charge on any atom is -0.394 e. The Morgan fingerprint density at radius 2 is 1.11 bits per heavy atom. The van der Waals surface area contributed by atoms with Gasteiger partial charge in [-0.3, -0.25) is 0 Å². The second-order valence-electron chi connectivity index (χ2n) is 10.8. The van der Waals surface area contributed by atoms with Crippen LogP contribution in [0.25, 0.3) is 0 Å². The monoisotopic (exact) mass is 502 g/mol. The average Bonchev–Trinajstić information content (AvgIpc) is 2.83. The standard InChI is InChI=1S/C30H46O6/c1-16-10-19(4)21(6)23(12-16)9-8-18(3)25(14-24-13-17(2)11-20(5)22(24)7)27(33)29(35)30(36)28(34)26(32)15-31/h10-13,18,25-36H,8-9,14-15H2,1-7H3/t18?,25?,26-,27?,28+,29+,30-/m0/s1. The predicted octanol–water partition coefficient (Wildman–Crippen LogP) is 2.76. The molecule has 0 aliphatic heterocycles. The minimum atomic E-state index is -1.81. The first-order valence-electron chi connectivity index (χ1n) is 12.9. The zero-order valence-corrected chi connectivity index (χ0v) is 22.9. The quantitative estimate of drug-likeness (QED) is 0.265. The van der Waals surface area contributed by atoms with Crippen molar-refractivity contribution in [2.75, 3.05) is 6.61 Å². The molecule has 0 fully saturated rings. The highest BCUT2D eigenvalue weighted by Gasteiger charge is 2.39. The Balaban J connectivity index is 2.35. The van der Waals surface area contributed by atoms with E-state index in [9.17, 15) is 25.5 Å². The summed E-state index contributed by atoms with van der Waals surface area (Å²) in [6, 6.07) is 8.57. The highest BCUT2D eigenvalue weighted by atomic mass is 16.4. The van der Waals surface area contributed by atoms with Crippen LogP contribution in [0.2, 0.25) is 0 Å². The first-order chi connectivity index (χ1) is 16.8. The second-order valence-corrected chi connectivity index (χ2v) is 10.8. The molecule has 0 amide bonds. The maximum Gasteiger partial charge on any atom is 0.111 e. The van der Waals surface area contributed by atoms with E-state index in [1.165, 1.54) is 22.3 Å². The lowest BCUT2D eigenvalue weighted by atomic mass is 9.76. The van der Waals surface area contributed by atoms with E-state index in [0.717, 1.165) is 35.1 Å². The van der Waals surface area contributed by atoms with Gasteiger partial charge in [0.25, 0.3) is 0 Å². The Morgan fingerprint density at radius 1 is 0.639 bits per heavy atom. The van der Waals surface area contributed by atoms with Crippen LogP contribution in [0.1, 0.15) is 57.9 Å². The molecule has 0 saturated carbocycles. The first kappa shape index (κ1) is 30.4. The van der Waals surface area contributed by atoms with Crippen LogP contribution in [0.5, 0.6) is 0 Å². The van der Waals surface area contributed by atoms with Gasteiger partial charge in [0, 0.05) is 0 Å². The van der Waals surface area contributed by atoms with E-state index in [1.54, 1.807) is 0 Å². The molecule has 6 N–H and O–H groups in total. The van der Waals surface area contributed by atoms with E-state index in [0.29, 0.717) is 6.42 Å². The van der Waals surface area contributed by atoms with E-state index in [2.05, 4.69) is 52.0 Å². The number of rotatable bonds is 12. The van der Waals surface area contributed by atoms with E-state index in [4.69, 9.17) is 5.11 Å². The summed E-state index contributed by atoms with van der Waals surface area (Å²) in [5, 5.41) is 61.6. The minimum absolute atomic E-state index is 0.0257. The molecule has 0 bridgehead atoms. The van der Waals surface area contributed by atoms with Crippen molar-refractivity contribution in [2.45, 2.75) is 98.2 Å². The molecule has 202 valence electrons. The number of aliphatic hydroxyl groups is 6. The molecule has 0 aliphatic carbocycles. The number of benzene rings is 2. The fourth-order valence-corrected chi connectivity index (χ4v) is 5.23. The van der Waals surface area contributed by atoms with Crippen LogP contribution in [-0.4, -0.2) is 67.8 Å². The largest absolute Gasteiger partial charge is 0.394 e. The molecule has 2 rings (SSSR count). The van der Waals surface area contributed by atoms with Crippen molar-refractivity contribution in [3.05, 3.63) is 68.8 Å². The maximum absolute atomic E-state index is 11.3. The Kier molecular flexibility index (Phi) is 11.1. The van der Waals surface area contributed by atoms with Crippen LogP contribution in [-0.2, 0) is 12.8 Å². The highest BCUT2D eigenvalue weighted by molar-refractivity contribution is 5.38. The summed E-state index contributed by atoms with van der Waals surface area (Å²) in [6.07, 6.45) is -6.18. The second kappa shape index (κ2) is 13.1. The van der Waals surface area contributed by atoms with Gasteiger partial charge in [-0.2, -0.15) is 0 Å². The maximum atomic E-state index is 11.3. The summed E-state index contributed by atoms with van der Waals surface area (Å²) in [4.78, 5) is 0. The van der Waals surface area contributed by atoms with Gasteiger partial charge in [0.2, 0.25) is 0 Å². The van der Waals surface area contributed by atoms with Crippen LogP contribution in [0.4, 0.5) is 0 Å². The van der Waals surface area contributed by atoms with Gasteiger partial charge < -0.3 is 30.6 Å². The van der Waals surface area contributed by atoms with Crippen LogP contribution < -0.4 is 0 Å². The van der Waals surface area contributed by atoms with E-state index in [-0.39, 0.29) is 5.92 Å². The average molecular weight is 503 g/mol. The molecule has 0 aliphatic rings. The molecule has 0 radical (unpaired) electrons. The molecular weight excluding hydrogens is 456 g/mol. The van der Waals surface area contributed by atoms with E-state index < -0.39 is 43.0 Å². The van der Waals surface area contributed by atoms with Gasteiger partial charge in [-0.15, -0.1) is 0 Å². The molecule has 36 heavy (non-hydrogen) atoms. The summed E-state index contributed by atoms with van der Waals surface area (Å²) < 4.78 is 0. The Bertz CT molecular complexity index is 1000. The van der Waals surface area contributed by atoms with Crippen molar-refractivity contribution in [1.82, 2.24) is 0 Å². The summed E-state index contributed by atoms with van der Waals surface area (Å²) in [5.41, 5.74) is 9.43. The lowest BCUT2D eigenvalue weighted by Gasteiger charge is -2.36.